The zero-order chi connectivity index (χ0) is 14.8. The van der Waals surface area contributed by atoms with Gasteiger partial charge in [-0.3, -0.25) is 4.99 Å². The lowest BCUT2D eigenvalue weighted by molar-refractivity contribution is 0.602. The second kappa shape index (κ2) is 9.83. The van der Waals surface area contributed by atoms with Crippen molar-refractivity contribution in [1.82, 2.24) is 0 Å². The maximum Gasteiger partial charge on any atom is 0.177 e. The van der Waals surface area contributed by atoms with Crippen molar-refractivity contribution >= 4 is 22.2 Å². The van der Waals surface area contributed by atoms with E-state index in [1.165, 1.54) is 6.26 Å². The molecule has 4 heteroatoms. The molecule has 0 N–H and O–H groups in total. The molecule has 0 amide bonds. The van der Waals surface area contributed by atoms with Crippen LogP contribution in [0.1, 0.15) is 40.2 Å². The number of benzene rings is 1. The number of nitrogens with zero attached hydrogens (tertiary/aromatic N) is 1. The third-order valence-electron chi connectivity index (χ3n) is 2.00. The minimum Gasteiger partial charge on any atom is -0.263 e. The van der Waals surface area contributed by atoms with E-state index in [0.717, 1.165) is 12.0 Å². The first-order valence-corrected chi connectivity index (χ1v) is 8.18. The smallest absolute Gasteiger partial charge is 0.177 e. The lowest BCUT2D eigenvalue weighted by atomic mass is 10.1. The van der Waals surface area contributed by atoms with E-state index >= 15 is 0 Å². The van der Waals surface area contributed by atoms with Gasteiger partial charge in [0.1, 0.15) is 0 Å². The highest BCUT2D eigenvalue weighted by Crippen LogP contribution is 2.25. The average Bonchev–Trinajstić information content (AvgIpc) is 2.41. The molecule has 1 aromatic rings. The highest BCUT2D eigenvalue weighted by Gasteiger charge is 2.12. The molecule has 0 unspecified atom stereocenters. The second-order valence-corrected chi connectivity index (χ2v) is 5.07. The minimum atomic E-state index is -3.21. The van der Waals surface area contributed by atoms with Gasteiger partial charge < -0.3 is 0 Å². The van der Waals surface area contributed by atoms with E-state index in [1.807, 2.05) is 40.7 Å². The number of aliphatic imine (C=N–C) groups is 1. The van der Waals surface area contributed by atoms with Gasteiger partial charge >= 0.3 is 0 Å². The summed E-state index contributed by atoms with van der Waals surface area (Å²) >= 11 is 0. The van der Waals surface area contributed by atoms with Gasteiger partial charge in [-0.15, -0.1) is 0 Å². The zero-order valence-electron chi connectivity index (χ0n) is 12.3. The fourth-order valence-corrected chi connectivity index (χ4v) is 2.08. The Hall–Kier alpha value is -1.16. The summed E-state index contributed by atoms with van der Waals surface area (Å²) in [6, 6.07) is 5.19. The van der Waals surface area contributed by atoms with E-state index in [0.29, 0.717) is 5.69 Å². The van der Waals surface area contributed by atoms with Crippen LogP contribution in [0.4, 0.5) is 5.69 Å². The summed E-state index contributed by atoms with van der Waals surface area (Å²) in [5.74, 6) is 0. The molecule has 0 aromatic heterocycles. The Kier molecular flexibility index (Phi) is 10.5. The average molecular weight is 271 g/mol. The third kappa shape index (κ3) is 5.96. The van der Waals surface area contributed by atoms with Crippen molar-refractivity contribution in [3.05, 3.63) is 23.8 Å². The van der Waals surface area contributed by atoms with Gasteiger partial charge in [-0.2, -0.15) is 0 Å². The van der Waals surface area contributed by atoms with E-state index in [4.69, 9.17) is 0 Å². The monoisotopic (exact) mass is 271 g/mol. The fourth-order valence-electron chi connectivity index (χ4n) is 1.21. The van der Waals surface area contributed by atoms with Crippen LogP contribution in [-0.4, -0.2) is 21.4 Å². The maximum atomic E-state index is 11.4. The van der Waals surface area contributed by atoms with E-state index in [2.05, 4.69) is 11.7 Å². The van der Waals surface area contributed by atoms with Crippen LogP contribution in [0.3, 0.4) is 0 Å². The van der Waals surface area contributed by atoms with Gasteiger partial charge in [-0.1, -0.05) is 40.7 Å². The van der Waals surface area contributed by atoms with Crippen molar-refractivity contribution < 1.29 is 8.42 Å². The van der Waals surface area contributed by atoms with Crippen LogP contribution >= 0.6 is 0 Å². The molecule has 1 rings (SSSR count). The molecule has 104 valence electrons. The zero-order valence-corrected chi connectivity index (χ0v) is 13.1. The Morgan fingerprint density at radius 2 is 1.67 bits per heavy atom. The van der Waals surface area contributed by atoms with Crippen molar-refractivity contribution in [3.63, 3.8) is 0 Å². The molecule has 1 aromatic carbocycles. The normalized spacial score (nSPS) is 9.44. The standard InChI is InChI=1S/C10H13NO2S.2C2H6/c1-4-8-5-6-9(11-2)10(7-8)14(3,12)13;2*1-2/h5-7H,2,4H2,1,3H3;2*1-2H3. The highest BCUT2D eigenvalue weighted by molar-refractivity contribution is 7.90. The Morgan fingerprint density at radius 1 is 1.17 bits per heavy atom. The van der Waals surface area contributed by atoms with Gasteiger partial charge in [0.05, 0.1) is 10.6 Å². The van der Waals surface area contributed by atoms with Crippen LogP contribution in [0, 0.1) is 0 Å². The van der Waals surface area contributed by atoms with Crippen molar-refractivity contribution in [1.29, 1.82) is 0 Å². The van der Waals surface area contributed by atoms with Crippen LogP contribution in [-0.2, 0) is 16.3 Å². The molecule has 0 radical (unpaired) electrons. The van der Waals surface area contributed by atoms with E-state index in [-0.39, 0.29) is 4.90 Å². The Bertz CT molecular complexity index is 451. The van der Waals surface area contributed by atoms with Gasteiger partial charge in [0.15, 0.2) is 9.84 Å². The van der Waals surface area contributed by atoms with Crippen molar-refractivity contribution in [3.8, 4) is 0 Å². The summed E-state index contributed by atoms with van der Waals surface area (Å²) in [7, 11) is -3.21. The molecule has 0 bridgehead atoms. The molecule has 0 spiro atoms. The number of sulfone groups is 1. The Balaban J connectivity index is 0. The number of rotatable bonds is 3. The van der Waals surface area contributed by atoms with Crippen molar-refractivity contribution in [2.24, 2.45) is 4.99 Å². The van der Waals surface area contributed by atoms with Gasteiger partial charge in [0, 0.05) is 6.26 Å². The molecule has 18 heavy (non-hydrogen) atoms. The summed E-state index contributed by atoms with van der Waals surface area (Å²) in [4.78, 5) is 3.94. The predicted octanol–water partition coefficient (Wildman–Crippen LogP) is 4.04. The third-order valence-corrected chi connectivity index (χ3v) is 3.13. The van der Waals surface area contributed by atoms with Crippen LogP contribution < -0.4 is 0 Å². The van der Waals surface area contributed by atoms with Gasteiger partial charge in [-0.05, 0) is 30.8 Å². The molecule has 0 saturated carbocycles. The van der Waals surface area contributed by atoms with Crippen molar-refractivity contribution in [2.45, 2.75) is 45.9 Å². The van der Waals surface area contributed by atoms with Crippen LogP contribution in [0.5, 0.6) is 0 Å². The summed E-state index contributed by atoms with van der Waals surface area (Å²) in [5.41, 5.74) is 1.41. The van der Waals surface area contributed by atoms with Crippen LogP contribution in [0.2, 0.25) is 0 Å². The summed E-state index contributed by atoms with van der Waals surface area (Å²) in [6.07, 6.45) is 1.98. The molecule has 0 atom stereocenters. The largest absolute Gasteiger partial charge is 0.263 e. The van der Waals surface area contributed by atoms with Crippen LogP contribution in [0.25, 0.3) is 0 Å². The van der Waals surface area contributed by atoms with Gasteiger partial charge in [-0.25, -0.2) is 8.42 Å². The van der Waals surface area contributed by atoms with Crippen molar-refractivity contribution in [2.75, 3.05) is 6.26 Å². The molecular weight excluding hydrogens is 246 g/mol. The summed E-state index contributed by atoms with van der Waals surface area (Å²) in [6.45, 7) is 13.3. The molecule has 0 fully saturated rings. The summed E-state index contributed by atoms with van der Waals surface area (Å²) in [5, 5.41) is 0. The van der Waals surface area contributed by atoms with Gasteiger partial charge in [0.25, 0.3) is 0 Å². The van der Waals surface area contributed by atoms with Gasteiger partial charge in [0.2, 0.25) is 0 Å². The number of aryl methyl sites for hydroxylation is 1. The first kappa shape index (κ1) is 19.2. The molecule has 0 saturated heterocycles. The van der Waals surface area contributed by atoms with E-state index < -0.39 is 9.84 Å². The molecule has 0 aliphatic rings. The molecule has 0 heterocycles. The quantitative estimate of drug-likeness (QED) is 0.779. The molecule has 0 aliphatic carbocycles. The van der Waals surface area contributed by atoms with Crippen LogP contribution in [0.15, 0.2) is 28.1 Å². The molecule has 0 aliphatic heterocycles. The number of hydrogen-bond donors (Lipinski definition) is 0. The second-order valence-electron chi connectivity index (χ2n) is 3.09. The first-order chi connectivity index (χ1) is 8.49. The van der Waals surface area contributed by atoms with E-state index in [1.54, 1.807) is 12.1 Å². The Labute approximate surface area is 112 Å². The molecule has 3 nitrogen and oxygen atoms in total. The SMILES string of the molecule is C=Nc1ccc(CC)cc1S(C)(=O)=O.CC.CC. The highest BCUT2D eigenvalue weighted by atomic mass is 32.2. The lowest BCUT2D eigenvalue weighted by Gasteiger charge is -2.05. The predicted molar refractivity (Wildman–Crippen MR) is 80.8 cm³/mol. The Morgan fingerprint density at radius 3 is 2.00 bits per heavy atom. The number of hydrogen-bond acceptors (Lipinski definition) is 3. The molecular formula is C14H25NO2S. The minimum absolute atomic E-state index is 0.256. The topological polar surface area (TPSA) is 46.5 Å². The first-order valence-electron chi connectivity index (χ1n) is 6.28. The summed E-state index contributed by atoms with van der Waals surface area (Å²) < 4.78 is 22.8. The lowest BCUT2D eigenvalue weighted by Crippen LogP contribution is -1.98. The van der Waals surface area contributed by atoms with E-state index in [9.17, 15) is 8.42 Å². The fraction of sp³-hybridized carbons (Fsp3) is 0.500. The maximum absolute atomic E-state index is 11.4.